The molecule has 2 rings (SSSR count). The van der Waals surface area contributed by atoms with Crippen molar-refractivity contribution < 1.29 is 9.53 Å². The molecule has 1 heterocycles. The van der Waals surface area contributed by atoms with E-state index in [9.17, 15) is 4.79 Å². The molecule has 1 atom stereocenters. The number of para-hydroxylation sites is 2. The molecule has 3 N–H and O–H groups in total. The first-order valence-corrected chi connectivity index (χ1v) is 7.12. The van der Waals surface area contributed by atoms with Crippen LogP contribution in [0.1, 0.15) is 12.8 Å². The normalized spacial score (nSPS) is 19.6. The quantitative estimate of drug-likeness (QED) is 0.791. The number of hydrogen-bond donors (Lipinski definition) is 2. The summed E-state index contributed by atoms with van der Waals surface area (Å²) in [6.07, 6.45) is 2.04. The number of likely N-dealkylation sites (tertiary alicyclic amines) is 1. The fourth-order valence-corrected chi connectivity index (χ4v) is 2.57. The van der Waals surface area contributed by atoms with Gasteiger partial charge >= 0.3 is 0 Å². The molecule has 5 heteroatoms. The van der Waals surface area contributed by atoms with Crippen molar-refractivity contribution in [2.24, 2.45) is 5.92 Å². The summed E-state index contributed by atoms with van der Waals surface area (Å²) in [7, 11) is 1.70. The number of carbonyl (C=O) groups excluding carboxylic acids is 1. The number of amides is 1. The molecule has 1 unspecified atom stereocenters. The number of nitrogen functional groups attached to an aromatic ring is 1. The zero-order valence-corrected chi connectivity index (χ0v) is 12.0. The van der Waals surface area contributed by atoms with Gasteiger partial charge in [-0.25, -0.2) is 0 Å². The van der Waals surface area contributed by atoms with E-state index < -0.39 is 0 Å². The highest BCUT2D eigenvalue weighted by Gasteiger charge is 2.24. The lowest BCUT2D eigenvalue weighted by molar-refractivity contribution is -0.126. The van der Waals surface area contributed by atoms with Crippen molar-refractivity contribution in [3.8, 4) is 5.75 Å². The number of nitrogens with zero attached hydrogens (tertiary/aromatic N) is 1. The van der Waals surface area contributed by atoms with Gasteiger partial charge < -0.3 is 15.8 Å². The lowest BCUT2D eigenvalue weighted by Gasteiger charge is -2.31. The van der Waals surface area contributed by atoms with Gasteiger partial charge in [0.1, 0.15) is 12.4 Å². The Morgan fingerprint density at radius 3 is 3.05 bits per heavy atom. The van der Waals surface area contributed by atoms with Gasteiger partial charge in [0, 0.05) is 20.1 Å². The van der Waals surface area contributed by atoms with Crippen LogP contribution in [0.15, 0.2) is 24.3 Å². The second kappa shape index (κ2) is 7.14. The van der Waals surface area contributed by atoms with Crippen molar-refractivity contribution in [2.45, 2.75) is 12.8 Å². The van der Waals surface area contributed by atoms with Gasteiger partial charge in [-0.15, -0.1) is 0 Å². The van der Waals surface area contributed by atoms with Crippen molar-refractivity contribution in [2.75, 3.05) is 39.0 Å². The molecule has 1 saturated heterocycles. The Kier molecular flexibility index (Phi) is 5.24. The van der Waals surface area contributed by atoms with E-state index in [0.717, 1.165) is 38.2 Å². The molecule has 0 spiro atoms. The molecular weight excluding hydrogens is 254 g/mol. The van der Waals surface area contributed by atoms with Gasteiger partial charge in [-0.2, -0.15) is 0 Å². The largest absolute Gasteiger partial charge is 0.490 e. The molecule has 110 valence electrons. The summed E-state index contributed by atoms with van der Waals surface area (Å²) >= 11 is 0. The average molecular weight is 277 g/mol. The Morgan fingerprint density at radius 2 is 2.30 bits per heavy atom. The SMILES string of the molecule is CNC(=O)C1CCCN(CCOc2ccccc2N)C1. The van der Waals surface area contributed by atoms with E-state index in [-0.39, 0.29) is 11.8 Å². The van der Waals surface area contributed by atoms with Gasteiger partial charge in [0.25, 0.3) is 0 Å². The number of benzene rings is 1. The molecular formula is C15H23N3O2. The first-order valence-electron chi connectivity index (χ1n) is 7.12. The minimum absolute atomic E-state index is 0.107. The molecule has 1 amide bonds. The molecule has 0 radical (unpaired) electrons. The number of rotatable bonds is 5. The van der Waals surface area contributed by atoms with Crippen LogP contribution in [0.25, 0.3) is 0 Å². The van der Waals surface area contributed by atoms with Crippen LogP contribution in [0.2, 0.25) is 0 Å². The minimum atomic E-state index is 0.107. The minimum Gasteiger partial charge on any atom is -0.490 e. The van der Waals surface area contributed by atoms with Gasteiger partial charge in [-0.3, -0.25) is 9.69 Å². The van der Waals surface area contributed by atoms with Gasteiger partial charge in [0.2, 0.25) is 5.91 Å². The van der Waals surface area contributed by atoms with Crippen LogP contribution in [0, 0.1) is 5.92 Å². The predicted molar refractivity (Wildman–Crippen MR) is 79.6 cm³/mol. The standard InChI is InChI=1S/C15H23N3O2/c1-17-15(19)12-5-4-8-18(11-12)9-10-20-14-7-3-2-6-13(14)16/h2-3,6-7,12H,4-5,8-11,16H2,1H3,(H,17,19). The molecule has 1 aromatic carbocycles. The summed E-state index contributed by atoms with van der Waals surface area (Å²) in [5, 5.41) is 2.73. The first kappa shape index (κ1) is 14.7. The van der Waals surface area contributed by atoms with Gasteiger partial charge in [0.15, 0.2) is 0 Å². The smallest absolute Gasteiger partial charge is 0.224 e. The summed E-state index contributed by atoms with van der Waals surface area (Å²) in [5.74, 6) is 0.978. The van der Waals surface area contributed by atoms with Crippen molar-refractivity contribution in [3.05, 3.63) is 24.3 Å². The van der Waals surface area contributed by atoms with E-state index in [1.807, 2.05) is 24.3 Å². The topological polar surface area (TPSA) is 67.6 Å². The van der Waals surface area contributed by atoms with Crippen LogP contribution in [0.4, 0.5) is 5.69 Å². The zero-order valence-electron chi connectivity index (χ0n) is 12.0. The third-order valence-electron chi connectivity index (χ3n) is 3.71. The lowest BCUT2D eigenvalue weighted by Crippen LogP contribution is -2.43. The second-order valence-corrected chi connectivity index (χ2v) is 5.14. The molecule has 1 fully saturated rings. The maximum absolute atomic E-state index is 11.7. The maximum Gasteiger partial charge on any atom is 0.224 e. The Labute approximate surface area is 120 Å². The lowest BCUT2D eigenvalue weighted by atomic mass is 9.97. The summed E-state index contributed by atoms with van der Waals surface area (Å²) in [6.45, 7) is 3.25. The molecule has 20 heavy (non-hydrogen) atoms. The van der Waals surface area contributed by atoms with Gasteiger partial charge in [-0.05, 0) is 31.5 Å². The number of hydrogen-bond acceptors (Lipinski definition) is 4. The summed E-state index contributed by atoms with van der Waals surface area (Å²) < 4.78 is 5.69. The third kappa shape index (κ3) is 3.87. The number of anilines is 1. The molecule has 1 aromatic rings. The highest BCUT2D eigenvalue weighted by atomic mass is 16.5. The van der Waals surface area contributed by atoms with Crippen molar-refractivity contribution in [1.29, 1.82) is 0 Å². The third-order valence-corrected chi connectivity index (χ3v) is 3.71. The second-order valence-electron chi connectivity index (χ2n) is 5.14. The Hall–Kier alpha value is -1.75. The molecule has 0 aromatic heterocycles. The number of ether oxygens (including phenoxy) is 1. The number of piperidine rings is 1. The van der Waals surface area contributed by atoms with Crippen LogP contribution in [-0.2, 0) is 4.79 Å². The molecule has 1 aliphatic heterocycles. The number of carbonyl (C=O) groups is 1. The molecule has 1 aliphatic rings. The maximum atomic E-state index is 11.7. The first-order chi connectivity index (χ1) is 9.70. The summed E-state index contributed by atoms with van der Waals surface area (Å²) in [5.41, 5.74) is 6.49. The Bertz CT molecular complexity index is 450. The number of nitrogens with two attached hydrogens (primary N) is 1. The van der Waals surface area contributed by atoms with E-state index in [0.29, 0.717) is 12.3 Å². The van der Waals surface area contributed by atoms with E-state index in [1.165, 1.54) is 0 Å². The van der Waals surface area contributed by atoms with E-state index in [2.05, 4.69) is 10.2 Å². The fourth-order valence-electron chi connectivity index (χ4n) is 2.57. The highest BCUT2D eigenvalue weighted by molar-refractivity contribution is 5.78. The van der Waals surface area contributed by atoms with Crippen molar-refractivity contribution >= 4 is 11.6 Å². The van der Waals surface area contributed by atoms with Gasteiger partial charge in [0.05, 0.1) is 11.6 Å². The van der Waals surface area contributed by atoms with E-state index >= 15 is 0 Å². The van der Waals surface area contributed by atoms with Crippen LogP contribution >= 0.6 is 0 Å². The van der Waals surface area contributed by atoms with Crippen LogP contribution < -0.4 is 15.8 Å². The monoisotopic (exact) mass is 277 g/mol. The highest BCUT2D eigenvalue weighted by Crippen LogP contribution is 2.20. The van der Waals surface area contributed by atoms with Crippen molar-refractivity contribution in [3.63, 3.8) is 0 Å². The molecule has 0 saturated carbocycles. The molecule has 0 bridgehead atoms. The van der Waals surface area contributed by atoms with E-state index in [1.54, 1.807) is 7.05 Å². The Balaban J connectivity index is 1.77. The average Bonchev–Trinajstić information content (AvgIpc) is 2.49. The Morgan fingerprint density at radius 1 is 1.50 bits per heavy atom. The van der Waals surface area contributed by atoms with E-state index in [4.69, 9.17) is 10.5 Å². The van der Waals surface area contributed by atoms with Gasteiger partial charge in [-0.1, -0.05) is 12.1 Å². The van der Waals surface area contributed by atoms with Crippen LogP contribution in [0.5, 0.6) is 5.75 Å². The summed E-state index contributed by atoms with van der Waals surface area (Å²) in [4.78, 5) is 13.9. The molecule has 5 nitrogen and oxygen atoms in total. The molecule has 0 aliphatic carbocycles. The number of nitrogens with one attached hydrogen (secondary N) is 1. The summed E-state index contributed by atoms with van der Waals surface area (Å²) in [6, 6.07) is 7.51. The van der Waals surface area contributed by atoms with Crippen LogP contribution in [0.3, 0.4) is 0 Å². The zero-order chi connectivity index (χ0) is 14.4. The fraction of sp³-hybridized carbons (Fsp3) is 0.533. The predicted octanol–water partition coefficient (Wildman–Crippen LogP) is 1.11. The van der Waals surface area contributed by atoms with Crippen molar-refractivity contribution in [1.82, 2.24) is 10.2 Å². The van der Waals surface area contributed by atoms with Crippen LogP contribution in [-0.4, -0.2) is 44.1 Å².